The third-order valence-corrected chi connectivity index (χ3v) is 13.0. The molecule has 0 saturated carbocycles. The molecule has 4 aromatic rings. The molecule has 0 spiro atoms. The number of aryl methyl sites for hydroxylation is 1. The highest BCUT2D eigenvalue weighted by Gasteiger charge is 2.42. The van der Waals surface area contributed by atoms with Crippen molar-refractivity contribution in [3.8, 4) is 11.5 Å². The van der Waals surface area contributed by atoms with Crippen LogP contribution in [0.2, 0.25) is 0 Å². The summed E-state index contributed by atoms with van der Waals surface area (Å²) in [6.45, 7) is 10.9. The predicted octanol–water partition coefficient (Wildman–Crippen LogP) is 5.89. The van der Waals surface area contributed by atoms with E-state index in [9.17, 15) is 8.42 Å². The molecule has 302 valence electrons. The summed E-state index contributed by atoms with van der Waals surface area (Å²) in [5.74, 6) is 1.89. The molecule has 3 aromatic carbocycles. The van der Waals surface area contributed by atoms with Crippen LogP contribution < -0.4 is 9.47 Å². The highest BCUT2D eigenvalue weighted by molar-refractivity contribution is 7.86. The maximum absolute atomic E-state index is 12.6. The number of benzene rings is 3. The number of nitrogens with zero attached hydrogens (tertiary/aromatic N) is 4. The zero-order valence-corrected chi connectivity index (χ0v) is 34.3. The first-order chi connectivity index (χ1) is 27.2. The lowest BCUT2D eigenvalue weighted by molar-refractivity contribution is -0.132. The molecule has 3 heterocycles. The van der Waals surface area contributed by atoms with Crippen LogP contribution in [-0.2, 0) is 56.0 Å². The van der Waals surface area contributed by atoms with E-state index in [0.29, 0.717) is 12.6 Å². The minimum Gasteiger partial charge on any atom is -0.496 e. The van der Waals surface area contributed by atoms with Gasteiger partial charge in [0.15, 0.2) is 0 Å². The first-order valence-corrected chi connectivity index (χ1v) is 21.6. The van der Waals surface area contributed by atoms with Crippen molar-refractivity contribution in [1.82, 2.24) is 19.6 Å². The van der Waals surface area contributed by atoms with Crippen molar-refractivity contribution in [2.75, 3.05) is 47.0 Å². The second kappa shape index (κ2) is 18.2. The van der Waals surface area contributed by atoms with Gasteiger partial charge in [-0.05, 0) is 98.3 Å². The fraction of sp³-hybridized carbons (Fsp3) is 0.523. The Morgan fingerprint density at radius 3 is 1.80 bits per heavy atom. The van der Waals surface area contributed by atoms with Crippen LogP contribution in [0.1, 0.15) is 54.5 Å². The molecule has 2 saturated heterocycles. The Labute approximate surface area is 333 Å². The Morgan fingerprint density at radius 1 is 0.732 bits per heavy atom. The van der Waals surface area contributed by atoms with Crippen LogP contribution in [0.4, 0.5) is 0 Å². The Bertz CT molecular complexity index is 1990. The molecule has 0 N–H and O–H groups in total. The van der Waals surface area contributed by atoms with Gasteiger partial charge in [0.2, 0.25) is 0 Å². The van der Waals surface area contributed by atoms with Gasteiger partial charge in [-0.2, -0.15) is 13.5 Å². The summed E-state index contributed by atoms with van der Waals surface area (Å²) in [6, 6.07) is 22.0. The summed E-state index contributed by atoms with van der Waals surface area (Å²) < 4.78 is 56.7. The Morgan fingerprint density at radius 2 is 1.29 bits per heavy atom. The molecular weight excluding hydrogens is 729 g/mol. The van der Waals surface area contributed by atoms with Crippen LogP contribution in [0.25, 0.3) is 0 Å². The summed E-state index contributed by atoms with van der Waals surface area (Å²) in [7, 11) is -0.362. The van der Waals surface area contributed by atoms with Crippen molar-refractivity contribution >= 4 is 10.1 Å². The average Bonchev–Trinajstić information content (AvgIpc) is 3.72. The SMILES string of the molecule is CCCN1C[C@@H](COS(=O)(=O)c2ccc(C)cc2)O[C@@H]2Cc3c(cccc3OC)C[C@H]21.CCCN1C[C@@H](Cn2cccn2)O[C@@H]2Cc3c(cccc3OC)C[C@H]21. The molecule has 12 heteroatoms. The zero-order valence-electron chi connectivity index (χ0n) is 33.5. The van der Waals surface area contributed by atoms with E-state index in [4.69, 9.17) is 23.1 Å². The van der Waals surface area contributed by atoms with Gasteiger partial charge in [-0.15, -0.1) is 0 Å². The van der Waals surface area contributed by atoms with Gasteiger partial charge in [-0.25, -0.2) is 0 Å². The Kier molecular flexibility index (Phi) is 13.1. The molecule has 0 bridgehead atoms. The normalized spacial score (nSPS) is 24.8. The van der Waals surface area contributed by atoms with Crippen molar-refractivity contribution in [1.29, 1.82) is 0 Å². The molecule has 4 aliphatic rings. The monoisotopic (exact) mass is 786 g/mol. The smallest absolute Gasteiger partial charge is 0.297 e. The molecule has 2 aliphatic heterocycles. The average molecular weight is 787 g/mol. The molecule has 11 nitrogen and oxygen atoms in total. The molecule has 0 unspecified atom stereocenters. The van der Waals surface area contributed by atoms with E-state index in [2.05, 4.69) is 53.0 Å². The molecule has 2 aliphatic carbocycles. The highest BCUT2D eigenvalue weighted by atomic mass is 32.2. The summed E-state index contributed by atoms with van der Waals surface area (Å²) in [5.41, 5.74) is 6.24. The van der Waals surface area contributed by atoms with Gasteiger partial charge in [0.25, 0.3) is 10.1 Å². The molecule has 0 amide bonds. The summed E-state index contributed by atoms with van der Waals surface area (Å²) in [5, 5.41) is 4.35. The van der Waals surface area contributed by atoms with E-state index in [1.54, 1.807) is 38.5 Å². The Hall–Kier alpha value is -3.78. The second-order valence-electron chi connectivity index (χ2n) is 15.5. The third kappa shape index (κ3) is 9.16. The van der Waals surface area contributed by atoms with Crippen LogP contribution in [0.5, 0.6) is 11.5 Å². The van der Waals surface area contributed by atoms with Gasteiger partial charge >= 0.3 is 0 Å². The predicted molar refractivity (Wildman–Crippen MR) is 216 cm³/mol. The van der Waals surface area contributed by atoms with Crippen molar-refractivity contribution in [2.24, 2.45) is 0 Å². The summed E-state index contributed by atoms with van der Waals surface area (Å²) >= 11 is 0. The van der Waals surface area contributed by atoms with Gasteiger partial charge in [0.1, 0.15) is 11.5 Å². The maximum atomic E-state index is 12.6. The van der Waals surface area contributed by atoms with E-state index in [1.165, 1.54) is 28.7 Å². The topological polar surface area (TPSA) is 105 Å². The van der Waals surface area contributed by atoms with Gasteiger partial charge in [-0.3, -0.25) is 18.7 Å². The number of fused-ring (bicyclic) bond motifs is 4. The van der Waals surface area contributed by atoms with Crippen LogP contribution in [0.15, 0.2) is 84.0 Å². The summed E-state index contributed by atoms with van der Waals surface area (Å²) in [4.78, 5) is 5.24. The number of morpholine rings is 2. The molecule has 1 aromatic heterocycles. The number of aromatic nitrogens is 2. The quantitative estimate of drug-likeness (QED) is 0.162. The van der Waals surface area contributed by atoms with Crippen molar-refractivity contribution in [2.45, 2.75) is 107 Å². The largest absolute Gasteiger partial charge is 0.496 e. The standard InChI is InChI=1S/C24H31NO5S.C20H27N3O2/c1-4-12-25-15-19(16-29-31(26,27)20-10-8-17(2)9-11-20)30-24-14-21-18(13-22(24)25)6-5-7-23(21)28-3;1-3-9-22-13-16(14-23-10-5-8-21-23)25-20-12-17-15(11-18(20)22)6-4-7-19(17)24-2/h5-11,19,22,24H,4,12-16H2,1-3H3;4-8,10,16,18,20H,3,9,11-14H2,1-2H3/t19-,22+,24+;16-,18+,20+/m00/s1. The van der Waals surface area contributed by atoms with Crippen molar-refractivity contribution in [3.05, 3.63) is 107 Å². The van der Waals surface area contributed by atoms with Gasteiger partial charge in [-0.1, -0.05) is 55.8 Å². The zero-order chi connectivity index (χ0) is 39.2. The summed E-state index contributed by atoms with van der Waals surface area (Å²) in [6.07, 6.45) is 9.78. The maximum Gasteiger partial charge on any atom is 0.297 e. The van der Waals surface area contributed by atoms with E-state index in [-0.39, 0.29) is 42.0 Å². The van der Waals surface area contributed by atoms with Crippen molar-refractivity contribution in [3.63, 3.8) is 0 Å². The molecule has 2 fully saturated rings. The van der Waals surface area contributed by atoms with Crippen LogP contribution in [0, 0.1) is 6.92 Å². The minimum atomic E-state index is -3.81. The first kappa shape index (κ1) is 40.4. The fourth-order valence-electron chi connectivity index (χ4n) is 9.06. The van der Waals surface area contributed by atoms with E-state index < -0.39 is 10.1 Å². The fourth-order valence-corrected chi connectivity index (χ4v) is 9.99. The lowest BCUT2D eigenvalue weighted by atomic mass is 9.83. The van der Waals surface area contributed by atoms with Crippen LogP contribution in [-0.4, -0.2) is 112 Å². The highest BCUT2D eigenvalue weighted by Crippen LogP contribution is 2.37. The molecule has 0 radical (unpaired) electrons. The number of methoxy groups -OCH3 is 2. The molecule has 8 rings (SSSR count). The van der Waals surface area contributed by atoms with Crippen molar-refractivity contribution < 1.29 is 31.5 Å². The van der Waals surface area contributed by atoms with Gasteiger partial charge in [0.05, 0.1) is 56.7 Å². The number of ether oxygens (including phenoxy) is 4. The van der Waals surface area contributed by atoms with Crippen LogP contribution >= 0.6 is 0 Å². The van der Waals surface area contributed by atoms with E-state index in [1.807, 2.05) is 42.2 Å². The van der Waals surface area contributed by atoms with E-state index in [0.717, 1.165) is 75.3 Å². The van der Waals surface area contributed by atoms with Gasteiger partial charge < -0.3 is 18.9 Å². The van der Waals surface area contributed by atoms with Crippen LogP contribution in [0.3, 0.4) is 0 Å². The second-order valence-corrected chi connectivity index (χ2v) is 17.1. The number of rotatable bonds is 12. The third-order valence-electron chi connectivity index (χ3n) is 11.7. The molecule has 56 heavy (non-hydrogen) atoms. The Balaban J connectivity index is 0.000000175. The molecule has 6 atom stereocenters. The first-order valence-electron chi connectivity index (χ1n) is 20.2. The molecular formula is C44H58N4O7S. The lowest BCUT2D eigenvalue weighted by Crippen LogP contribution is -2.59. The number of hydrogen-bond acceptors (Lipinski definition) is 10. The van der Waals surface area contributed by atoms with Gasteiger partial charge in [0, 0.05) is 50.4 Å². The minimum absolute atomic E-state index is 0.0123. The lowest BCUT2D eigenvalue weighted by Gasteiger charge is -2.47. The number of hydrogen-bond donors (Lipinski definition) is 0. The van der Waals surface area contributed by atoms with E-state index >= 15 is 0 Å².